The highest BCUT2D eigenvalue weighted by atomic mass is 35.5. The van der Waals surface area contributed by atoms with Crippen LogP contribution in [0.3, 0.4) is 0 Å². The second-order valence-corrected chi connectivity index (χ2v) is 6.64. The van der Waals surface area contributed by atoms with E-state index in [2.05, 4.69) is 20.6 Å². The maximum absolute atomic E-state index is 12.5. The number of carbonyl (C=O) groups excluding carboxylic acids is 1. The molecule has 0 bridgehead atoms. The summed E-state index contributed by atoms with van der Waals surface area (Å²) in [4.78, 5) is 21.1. The SMILES string of the molecule is Cc1nc(NC2CCCC2)cc(C(=O)Nc2ccc(C)c(Cl)c2)n1. The zero-order chi connectivity index (χ0) is 17.1. The van der Waals surface area contributed by atoms with Gasteiger partial charge >= 0.3 is 0 Å². The third-order valence-electron chi connectivity index (χ3n) is 4.21. The van der Waals surface area contributed by atoms with E-state index < -0.39 is 0 Å². The average molecular weight is 345 g/mol. The zero-order valence-corrected chi connectivity index (χ0v) is 14.7. The number of halogens is 1. The second kappa shape index (κ2) is 7.18. The van der Waals surface area contributed by atoms with Gasteiger partial charge in [0.1, 0.15) is 17.3 Å². The van der Waals surface area contributed by atoms with E-state index in [1.54, 1.807) is 19.1 Å². The maximum atomic E-state index is 12.5. The fourth-order valence-electron chi connectivity index (χ4n) is 2.90. The van der Waals surface area contributed by atoms with Gasteiger partial charge in [-0.15, -0.1) is 0 Å². The molecule has 1 aliphatic rings. The van der Waals surface area contributed by atoms with Crippen molar-refractivity contribution in [3.8, 4) is 0 Å². The number of aromatic nitrogens is 2. The lowest BCUT2D eigenvalue weighted by atomic mass is 10.2. The number of anilines is 2. The van der Waals surface area contributed by atoms with Crippen LogP contribution in [0.4, 0.5) is 11.5 Å². The van der Waals surface area contributed by atoms with Crippen LogP contribution in [0.1, 0.15) is 47.6 Å². The van der Waals surface area contributed by atoms with E-state index in [4.69, 9.17) is 11.6 Å². The number of carbonyl (C=O) groups is 1. The van der Waals surface area contributed by atoms with Gasteiger partial charge in [-0.05, 0) is 44.4 Å². The van der Waals surface area contributed by atoms with E-state index in [0.29, 0.717) is 34.1 Å². The molecule has 6 heteroatoms. The van der Waals surface area contributed by atoms with Gasteiger partial charge in [-0.3, -0.25) is 4.79 Å². The first kappa shape index (κ1) is 16.7. The molecule has 2 aromatic rings. The highest BCUT2D eigenvalue weighted by molar-refractivity contribution is 6.31. The molecule has 0 aliphatic heterocycles. The van der Waals surface area contributed by atoms with E-state index in [1.807, 2.05) is 19.1 Å². The fourth-order valence-corrected chi connectivity index (χ4v) is 3.08. The van der Waals surface area contributed by atoms with Crippen molar-refractivity contribution < 1.29 is 4.79 Å². The first-order valence-corrected chi connectivity index (χ1v) is 8.59. The molecule has 0 spiro atoms. The Labute approximate surface area is 146 Å². The summed E-state index contributed by atoms with van der Waals surface area (Å²) in [6.45, 7) is 3.71. The largest absolute Gasteiger partial charge is 0.367 e. The predicted octanol–water partition coefficient (Wildman–Crippen LogP) is 4.35. The summed E-state index contributed by atoms with van der Waals surface area (Å²) < 4.78 is 0. The van der Waals surface area contributed by atoms with Gasteiger partial charge in [0, 0.05) is 22.8 Å². The van der Waals surface area contributed by atoms with Crippen LogP contribution in [0, 0.1) is 13.8 Å². The third-order valence-corrected chi connectivity index (χ3v) is 4.61. The van der Waals surface area contributed by atoms with Crippen molar-refractivity contribution in [1.29, 1.82) is 0 Å². The summed E-state index contributed by atoms with van der Waals surface area (Å²) in [6, 6.07) is 7.57. The van der Waals surface area contributed by atoms with Gasteiger partial charge in [0.15, 0.2) is 0 Å². The van der Waals surface area contributed by atoms with Crippen LogP contribution in [0.2, 0.25) is 5.02 Å². The Morgan fingerprint density at radius 1 is 1.17 bits per heavy atom. The second-order valence-electron chi connectivity index (χ2n) is 6.23. The normalized spacial score (nSPS) is 14.6. The number of hydrogen-bond acceptors (Lipinski definition) is 4. The Balaban J connectivity index is 1.75. The van der Waals surface area contributed by atoms with Crippen LogP contribution < -0.4 is 10.6 Å². The molecule has 24 heavy (non-hydrogen) atoms. The lowest BCUT2D eigenvalue weighted by molar-refractivity contribution is 0.102. The van der Waals surface area contributed by atoms with Gasteiger partial charge in [-0.1, -0.05) is 30.5 Å². The topological polar surface area (TPSA) is 66.9 Å². The number of benzene rings is 1. The minimum absolute atomic E-state index is 0.269. The fraction of sp³-hybridized carbons (Fsp3) is 0.389. The van der Waals surface area contributed by atoms with Crippen LogP contribution in [0.15, 0.2) is 24.3 Å². The molecule has 2 N–H and O–H groups in total. The Hall–Kier alpha value is -2.14. The standard InChI is InChI=1S/C18H21ClN4O/c1-11-7-8-14(9-15(11)19)23-18(24)16-10-17(21-12(2)20-16)22-13-5-3-4-6-13/h7-10,13H,3-6H2,1-2H3,(H,23,24)(H,20,21,22). The quantitative estimate of drug-likeness (QED) is 0.865. The molecule has 0 atom stereocenters. The molecule has 1 saturated carbocycles. The Morgan fingerprint density at radius 3 is 2.62 bits per heavy atom. The predicted molar refractivity (Wildman–Crippen MR) is 96.8 cm³/mol. The molecule has 1 fully saturated rings. The van der Waals surface area contributed by atoms with Crippen molar-refractivity contribution in [3.63, 3.8) is 0 Å². The lowest BCUT2D eigenvalue weighted by Crippen LogP contribution is -2.19. The Bertz CT molecular complexity index is 757. The third kappa shape index (κ3) is 4.03. The number of aryl methyl sites for hydroxylation is 2. The van der Waals surface area contributed by atoms with Crippen LogP contribution in [0.25, 0.3) is 0 Å². The Morgan fingerprint density at radius 2 is 1.92 bits per heavy atom. The lowest BCUT2D eigenvalue weighted by Gasteiger charge is -2.14. The molecular formula is C18H21ClN4O. The monoisotopic (exact) mass is 344 g/mol. The zero-order valence-electron chi connectivity index (χ0n) is 13.9. The molecule has 3 rings (SSSR count). The Kier molecular flexibility index (Phi) is 5.00. The molecule has 1 aromatic heterocycles. The van der Waals surface area contributed by atoms with Crippen molar-refractivity contribution in [2.75, 3.05) is 10.6 Å². The van der Waals surface area contributed by atoms with Crippen molar-refractivity contribution in [3.05, 3.63) is 46.4 Å². The molecule has 0 saturated heterocycles. The molecular weight excluding hydrogens is 324 g/mol. The average Bonchev–Trinajstić information content (AvgIpc) is 3.03. The first-order valence-electron chi connectivity index (χ1n) is 8.21. The van der Waals surface area contributed by atoms with Crippen LogP contribution >= 0.6 is 11.6 Å². The molecule has 1 amide bonds. The van der Waals surface area contributed by atoms with E-state index in [0.717, 1.165) is 18.4 Å². The van der Waals surface area contributed by atoms with Crippen LogP contribution in [0.5, 0.6) is 0 Å². The maximum Gasteiger partial charge on any atom is 0.274 e. The summed E-state index contributed by atoms with van der Waals surface area (Å²) in [5.41, 5.74) is 1.97. The van der Waals surface area contributed by atoms with E-state index in [9.17, 15) is 4.79 Å². The van der Waals surface area contributed by atoms with Crippen molar-refractivity contribution in [2.24, 2.45) is 0 Å². The van der Waals surface area contributed by atoms with Gasteiger partial charge in [0.2, 0.25) is 0 Å². The summed E-state index contributed by atoms with van der Waals surface area (Å²) in [5.74, 6) is 1.02. The van der Waals surface area contributed by atoms with Gasteiger partial charge in [-0.25, -0.2) is 9.97 Å². The van der Waals surface area contributed by atoms with Crippen molar-refractivity contribution in [1.82, 2.24) is 9.97 Å². The highest BCUT2D eigenvalue weighted by Crippen LogP contribution is 2.23. The van der Waals surface area contributed by atoms with Crippen molar-refractivity contribution in [2.45, 2.75) is 45.6 Å². The first-order chi connectivity index (χ1) is 11.5. The van der Waals surface area contributed by atoms with Crippen molar-refractivity contribution >= 4 is 29.0 Å². The molecule has 1 aliphatic carbocycles. The highest BCUT2D eigenvalue weighted by Gasteiger charge is 2.17. The molecule has 1 heterocycles. The summed E-state index contributed by atoms with van der Waals surface area (Å²) in [7, 11) is 0. The summed E-state index contributed by atoms with van der Waals surface area (Å²) in [6.07, 6.45) is 4.77. The minimum atomic E-state index is -0.269. The van der Waals surface area contributed by atoms with Gasteiger partial charge in [-0.2, -0.15) is 0 Å². The number of amides is 1. The van der Waals surface area contributed by atoms with Crippen LogP contribution in [-0.4, -0.2) is 21.9 Å². The smallest absolute Gasteiger partial charge is 0.274 e. The summed E-state index contributed by atoms with van der Waals surface area (Å²) >= 11 is 6.10. The minimum Gasteiger partial charge on any atom is -0.367 e. The van der Waals surface area contributed by atoms with E-state index in [1.165, 1.54) is 12.8 Å². The van der Waals surface area contributed by atoms with E-state index in [-0.39, 0.29) is 5.91 Å². The summed E-state index contributed by atoms with van der Waals surface area (Å²) in [5, 5.41) is 6.86. The number of rotatable bonds is 4. The molecule has 0 unspecified atom stereocenters. The van der Waals surface area contributed by atoms with Crippen LogP contribution in [-0.2, 0) is 0 Å². The van der Waals surface area contributed by atoms with Gasteiger partial charge in [0.05, 0.1) is 0 Å². The number of nitrogens with one attached hydrogen (secondary N) is 2. The van der Waals surface area contributed by atoms with E-state index >= 15 is 0 Å². The number of nitrogens with zero attached hydrogens (tertiary/aromatic N) is 2. The molecule has 0 radical (unpaired) electrons. The number of hydrogen-bond donors (Lipinski definition) is 2. The molecule has 5 nitrogen and oxygen atoms in total. The molecule has 1 aromatic carbocycles. The van der Waals surface area contributed by atoms with Gasteiger partial charge < -0.3 is 10.6 Å². The van der Waals surface area contributed by atoms with Gasteiger partial charge in [0.25, 0.3) is 5.91 Å². The molecule has 126 valence electrons.